The minimum atomic E-state index is -0.170. The summed E-state index contributed by atoms with van der Waals surface area (Å²) in [5.41, 5.74) is 0.444. The third-order valence-corrected chi connectivity index (χ3v) is 3.56. The highest BCUT2D eigenvalue weighted by molar-refractivity contribution is 14.1. The molecule has 0 aromatic heterocycles. The molecule has 1 aromatic rings. The lowest BCUT2D eigenvalue weighted by atomic mass is 10.1. The minimum Gasteiger partial charge on any atom is -0.493 e. The number of nitrogens with one attached hydrogen (secondary N) is 1. The maximum atomic E-state index is 12.2. The molecule has 1 amide bonds. The zero-order chi connectivity index (χ0) is 15.0. The summed E-state index contributed by atoms with van der Waals surface area (Å²) < 4.78 is 16.8. The van der Waals surface area contributed by atoms with Gasteiger partial charge in [-0.2, -0.15) is 0 Å². The Bertz CT molecular complexity index is 451. The molecule has 1 rings (SSSR count). The van der Waals surface area contributed by atoms with Crippen LogP contribution in [0.5, 0.6) is 17.2 Å². The summed E-state index contributed by atoms with van der Waals surface area (Å²) in [6, 6.07) is 3.37. The third-order valence-electron chi connectivity index (χ3n) is 2.79. The van der Waals surface area contributed by atoms with E-state index >= 15 is 0 Å². The molecule has 0 fully saturated rings. The molecule has 0 heterocycles. The van der Waals surface area contributed by atoms with Crippen LogP contribution in [0.2, 0.25) is 0 Å². The van der Waals surface area contributed by atoms with Crippen LogP contribution < -0.4 is 19.5 Å². The van der Waals surface area contributed by atoms with Gasteiger partial charge in [-0.25, -0.2) is 0 Å². The molecule has 0 spiro atoms. The quantitative estimate of drug-likeness (QED) is 0.419. The van der Waals surface area contributed by atoms with E-state index in [2.05, 4.69) is 27.9 Å². The van der Waals surface area contributed by atoms with Crippen molar-refractivity contribution in [2.24, 2.45) is 0 Å². The number of carbonyl (C=O) groups excluding carboxylic acids is 1. The lowest BCUT2D eigenvalue weighted by molar-refractivity contribution is 0.0949. The summed E-state index contributed by atoms with van der Waals surface area (Å²) in [4.78, 5) is 12.2. The lowest BCUT2D eigenvalue weighted by Crippen LogP contribution is -2.25. The van der Waals surface area contributed by atoms with Crippen molar-refractivity contribution >= 4 is 28.5 Å². The van der Waals surface area contributed by atoms with E-state index < -0.39 is 0 Å². The first kappa shape index (κ1) is 16.9. The van der Waals surface area contributed by atoms with Crippen LogP contribution in [0.1, 0.15) is 23.2 Å². The van der Waals surface area contributed by atoms with Crippen molar-refractivity contribution in [3.8, 4) is 17.2 Å². The molecule has 0 atom stereocenters. The fraction of sp³-hybridized carbons (Fsp3) is 0.500. The maximum absolute atomic E-state index is 12.2. The first-order chi connectivity index (χ1) is 9.69. The number of hydrogen-bond acceptors (Lipinski definition) is 4. The van der Waals surface area contributed by atoms with Crippen molar-refractivity contribution in [3.05, 3.63) is 17.7 Å². The maximum Gasteiger partial charge on any atom is 0.255 e. The van der Waals surface area contributed by atoms with Gasteiger partial charge in [-0.3, -0.25) is 4.79 Å². The Kier molecular flexibility index (Phi) is 7.50. The molecule has 1 aromatic carbocycles. The molecule has 112 valence electrons. The monoisotopic (exact) mass is 393 g/mol. The van der Waals surface area contributed by atoms with Crippen molar-refractivity contribution < 1.29 is 19.0 Å². The van der Waals surface area contributed by atoms with Crippen LogP contribution in [0.15, 0.2) is 12.1 Å². The fourth-order valence-corrected chi connectivity index (χ4v) is 2.34. The predicted octanol–water partition coefficient (Wildman–Crippen LogP) is 2.66. The highest BCUT2D eigenvalue weighted by Gasteiger charge is 2.20. The average Bonchev–Trinajstić information content (AvgIpc) is 2.49. The van der Waals surface area contributed by atoms with E-state index in [-0.39, 0.29) is 5.91 Å². The van der Waals surface area contributed by atoms with E-state index in [0.717, 1.165) is 17.3 Å². The largest absolute Gasteiger partial charge is 0.493 e. The van der Waals surface area contributed by atoms with Crippen LogP contribution in [-0.4, -0.2) is 38.2 Å². The Hall–Kier alpha value is -1.18. The van der Waals surface area contributed by atoms with E-state index in [4.69, 9.17) is 14.2 Å². The van der Waals surface area contributed by atoms with E-state index in [1.165, 1.54) is 14.2 Å². The molecule has 5 nitrogen and oxygen atoms in total. The van der Waals surface area contributed by atoms with Crippen molar-refractivity contribution in [2.45, 2.75) is 12.8 Å². The number of hydrogen-bond donors (Lipinski definition) is 1. The van der Waals surface area contributed by atoms with Crippen molar-refractivity contribution in [1.29, 1.82) is 0 Å². The Morgan fingerprint density at radius 3 is 2.35 bits per heavy atom. The molecule has 0 saturated heterocycles. The zero-order valence-electron chi connectivity index (χ0n) is 12.0. The second kappa shape index (κ2) is 8.89. The summed E-state index contributed by atoms with van der Waals surface area (Å²) in [6.45, 7) is 0.652. The molecule has 20 heavy (non-hydrogen) atoms. The molecular formula is C14H20INO4. The number of carbonyl (C=O) groups is 1. The number of alkyl halides is 1. The summed E-state index contributed by atoms with van der Waals surface area (Å²) in [7, 11) is 4.56. The second-order valence-corrected chi connectivity index (χ2v) is 5.11. The molecule has 0 unspecified atom stereocenters. The van der Waals surface area contributed by atoms with Crippen LogP contribution in [0.4, 0.5) is 0 Å². The van der Waals surface area contributed by atoms with Gasteiger partial charge in [-0.05, 0) is 29.4 Å². The number of methoxy groups -OCH3 is 3. The second-order valence-electron chi connectivity index (χ2n) is 4.03. The number of rotatable bonds is 8. The number of benzene rings is 1. The molecule has 0 radical (unpaired) electrons. The van der Waals surface area contributed by atoms with Crippen molar-refractivity contribution in [3.63, 3.8) is 0 Å². The van der Waals surface area contributed by atoms with Crippen LogP contribution >= 0.6 is 22.6 Å². The Morgan fingerprint density at radius 1 is 1.10 bits per heavy atom. The van der Waals surface area contributed by atoms with Crippen LogP contribution in [0.3, 0.4) is 0 Å². The third kappa shape index (κ3) is 4.16. The Balaban J connectivity index is 2.91. The number of amides is 1. The Labute approximate surface area is 133 Å². The normalized spacial score (nSPS) is 10.0. The molecule has 0 aliphatic heterocycles. The van der Waals surface area contributed by atoms with Gasteiger partial charge in [0.1, 0.15) is 0 Å². The molecular weight excluding hydrogens is 373 g/mol. The van der Waals surface area contributed by atoms with Crippen LogP contribution in [0, 0.1) is 0 Å². The average molecular weight is 393 g/mol. The highest BCUT2D eigenvalue weighted by atomic mass is 127. The topological polar surface area (TPSA) is 56.8 Å². The number of unbranched alkanes of at least 4 members (excludes halogenated alkanes) is 1. The van der Waals surface area contributed by atoms with E-state index in [9.17, 15) is 4.79 Å². The zero-order valence-corrected chi connectivity index (χ0v) is 14.2. The van der Waals surface area contributed by atoms with Gasteiger partial charge in [-0.15, -0.1) is 0 Å². The van der Waals surface area contributed by atoms with Crippen molar-refractivity contribution in [2.75, 3.05) is 32.3 Å². The van der Waals surface area contributed by atoms with Gasteiger partial charge in [0.15, 0.2) is 11.5 Å². The van der Waals surface area contributed by atoms with E-state index in [0.29, 0.717) is 29.4 Å². The lowest BCUT2D eigenvalue weighted by Gasteiger charge is -2.15. The molecule has 6 heteroatoms. The van der Waals surface area contributed by atoms with Gasteiger partial charge in [-0.1, -0.05) is 22.6 Å². The number of halogens is 1. The summed E-state index contributed by atoms with van der Waals surface area (Å²) >= 11 is 2.32. The molecule has 1 N–H and O–H groups in total. The molecule has 0 bridgehead atoms. The molecule has 0 saturated carbocycles. The van der Waals surface area contributed by atoms with Crippen LogP contribution in [0.25, 0.3) is 0 Å². The Morgan fingerprint density at radius 2 is 1.80 bits per heavy atom. The summed E-state index contributed by atoms with van der Waals surface area (Å²) in [5.74, 6) is 1.18. The van der Waals surface area contributed by atoms with Gasteiger partial charge in [0.05, 0.1) is 26.9 Å². The van der Waals surface area contributed by atoms with Gasteiger partial charge in [0.25, 0.3) is 5.91 Å². The van der Waals surface area contributed by atoms with Gasteiger partial charge >= 0.3 is 0 Å². The summed E-state index contributed by atoms with van der Waals surface area (Å²) in [6.07, 6.45) is 2.05. The minimum absolute atomic E-state index is 0.170. The first-order valence-corrected chi connectivity index (χ1v) is 7.85. The predicted molar refractivity (Wildman–Crippen MR) is 86.6 cm³/mol. The fourth-order valence-electron chi connectivity index (χ4n) is 1.80. The van der Waals surface area contributed by atoms with Gasteiger partial charge < -0.3 is 19.5 Å². The van der Waals surface area contributed by atoms with Gasteiger partial charge in [0.2, 0.25) is 5.75 Å². The smallest absolute Gasteiger partial charge is 0.255 e. The SMILES string of the molecule is COc1ccc(C(=O)NCCCCI)c(OC)c1OC. The highest BCUT2D eigenvalue weighted by Crippen LogP contribution is 2.39. The standard InChI is InChI=1S/C14H20INO4/c1-18-11-7-6-10(12(19-2)13(11)20-3)14(17)16-9-5-4-8-15/h6-7H,4-5,8-9H2,1-3H3,(H,16,17). The number of ether oxygens (including phenoxy) is 3. The molecule has 0 aliphatic rings. The van der Waals surface area contributed by atoms with E-state index in [1.807, 2.05) is 0 Å². The first-order valence-electron chi connectivity index (χ1n) is 6.32. The summed E-state index contributed by atoms with van der Waals surface area (Å²) in [5, 5.41) is 2.88. The van der Waals surface area contributed by atoms with Crippen molar-refractivity contribution in [1.82, 2.24) is 5.32 Å². The molecule has 0 aliphatic carbocycles. The van der Waals surface area contributed by atoms with E-state index in [1.54, 1.807) is 19.2 Å². The van der Waals surface area contributed by atoms with Gasteiger partial charge in [0, 0.05) is 6.54 Å². The van der Waals surface area contributed by atoms with Crippen LogP contribution in [-0.2, 0) is 0 Å².